The lowest BCUT2D eigenvalue weighted by Gasteiger charge is -2.08. The van der Waals surface area contributed by atoms with E-state index in [2.05, 4.69) is 0 Å². The summed E-state index contributed by atoms with van der Waals surface area (Å²) in [6.45, 7) is 0. The highest BCUT2D eigenvalue weighted by molar-refractivity contribution is 5.78. The average Bonchev–Trinajstić information content (AvgIpc) is 2.68. The van der Waals surface area contributed by atoms with E-state index < -0.39 is 40.5 Å². The Labute approximate surface area is 99.3 Å². The van der Waals surface area contributed by atoms with Crippen molar-refractivity contribution in [2.45, 2.75) is 6.10 Å². The van der Waals surface area contributed by atoms with Crippen molar-refractivity contribution in [3.63, 3.8) is 0 Å². The molecule has 2 aromatic rings. The lowest BCUT2D eigenvalue weighted by molar-refractivity contribution is 0.217. The molecule has 1 unspecified atom stereocenters. The molecule has 92 valence electrons. The van der Waals surface area contributed by atoms with Crippen LogP contribution >= 0.6 is 0 Å². The Bertz CT molecular complexity index is 667. The lowest BCUT2D eigenvalue weighted by Crippen LogP contribution is -2.05. The van der Waals surface area contributed by atoms with Gasteiger partial charge in [-0.1, -0.05) is 24.3 Å². The maximum absolute atomic E-state index is 13.7. The number of hydrogen-bond donors (Lipinski definition) is 1. The highest BCUT2D eigenvalue weighted by Gasteiger charge is 2.36. The van der Waals surface area contributed by atoms with Crippen molar-refractivity contribution in [3.8, 4) is 11.1 Å². The molecule has 0 spiro atoms. The topological polar surface area (TPSA) is 20.2 Å². The first kappa shape index (κ1) is 11.2. The summed E-state index contributed by atoms with van der Waals surface area (Å²) >= 11 is 0. The molecule has 0 amide bonds. The van der Waals surface area contributed by atoms with Gasteiger partial charge in [-0.3, -0.25) is 0 Å². The van der Waals surface area contributed by atoms with Crippen LogP contribution in [0, 0.1) is 23.3 Å². The number of benzene rings is 2. The molecular weight excluding hydrogens is 248 g/mol. The average molecular weight is 254 g/mol. The Hall–Kier alpha value is -1.88. The van der Waals surface area contributed by atoms with Crippen molar-refractivity contribution in [2.24, 2.45) is 0 Å². The fourth-order valence-corrected chi connectivity index (χ4v) is 2.29. The molecule has 1 aliphatic rings. The maximum atomic E-state index is 13.7. The van der Waals surface area contributed by atoms with Crippen molar-refractivity contribution < 1.29 is 22.7 Å². The van der Waals surface area contributed by atoms with Gasteiger partial charge in [0.25, 0.3) is 0 Å². The number of aliphatic hydroxyl groups excluding tert-OH is 1. The van der Waals surface area contributed by atoms with Crippen molar-refractivity contribution in [3.05, 3.63) is 58.7 Å². The van der Waals surface area contributed by atoms with Gasteiger partial charge in [0.05, 0.1) is 0 Å². The zero-order valence-corrected chi connectivity index (χ0v) is 8.85. The van der Waals surface area contributed by atoms with Crippen LogP contribution in [0.5, 0.6) is 0 Å². The lowest BCUT2D eigenvalue weighted by atomic mass is 10.0. The normalized spacial score (nSPS) is 16.6. The van der Waals surface area contributed by atoms with Gasteiger partial charge < -0.3 is 5.11 Å². The van der Waals surface area contributed by atoms with E-state index in [1.54, 1.807) is 12.1 Å². The summed E-state index contributed by atoms with van der Waals surface area (Å²) in [4.78, 5) is 0. The van der Waals surface area contributed by atoms with E-state index in [0.717, 1.165) is 0 Å². The zero-order valence-electron chi connectivity index (χ0n) is 8.85. The van der Waals surface area contributed by atoms with Crippen LogP contribution in [0.2, 0.25) is 0 Å². The molecule has 1 nitrogen and oxygen atoms in total. The van der Waals surface area contributed by atoms with E-state index in [9.17, 15) is 22.7 Å². The molecule has 0 bridgehead atoms. The third kappa shape index (κ3) is 1.19. The van der Waals surface area contributed by atoms with E-state index in [0.29, 0.717) is 0 Å². The predicted molar refractivity (Wildman–Crippen MR) is 55.8 cm³/mol. The molecule has 0 fully saturated rings. The Morgan fingerprint density at radius 3 is 2.17 bits per heavy atom. The van der Waals surface area contributed by atoms with Gasteiger partial charge in [-0.25, -0.2) is 17.6 Å². The molecule has 0 saturated heterocycles. The Morgan fingerprint density at radius 2 is 1.44 bits per heavy atom. The summed E-state index contributed by atoms with van der Waals surface area (Å²) in [5.74, 6) is -6.80. The zero-order chi connectivity index (χ0) is 13.0. The first-order valence-corrected chi connectivity index (χ1v) is 5.17. The molecule has 0 saturated carbocycles. The minimum Gasteiger partial charge on any atom is -0.383 e. The van der Waals surface area contributed by atoms with Crippen LogP contribution in [0.4, 0.5) is 17.6 Å². The molecule has 1 aliphatic carbocycles. The van der Waals surface area contributed by atoms with Gasteiger partial charge >= 0.3 is 0 Å². The monoisotopic (exact) mass is 254 g/mol. The first-order chi connectivity index (χ1) is 8.54. The summed E-state index contributed by atoms with van der Waals surface area (Å²) < 4.78 is 53.7. The standard InChI is InChI=1S/C13H6F4O/c14-9-7-5-3-1-2-4-6(5)13(18)8(7)10(15)12(17)11(9)16/h1-4,13,18H. The minimum atomic E-state index is -1.90. The molecule has 0 aliphatic heterocycles. The second-order valence-electron chi connectivity index (χ2n) is 4.03. The minimum absolute atomic E-state index is 0.176. The third-order valence-electron chi connectivity index (χ3n) is 3.10. The second-order valence-corrected chi connectivity index (χ2v) is 4.03. The van der Waals surface area contributed by atoms with Crippen LogP contribution in [0.15, 0.2) is 24.3 Å². The number of fused-ring (bicyclic) bond motifs is 3. The van der Waals surface area contributed by atoms with Crippen LogP contribution in [-0.2, 0) is 0 Å². The van der Waals surface area contributed by atoms with Gasteiger partial charge in [0.15, 0.2) is 23.3 Å². The van der Waals surface area contributed by atoms with Crippen molar-refractivity contribution >= 4 is 0 Å². The van der Waals surface area contributed by atoms with Crippen LogP contribution in [-0.4, -0.2) is 5.11 Å². The molecule has 5 heteroatoms. The Kier molecular flexibility index (Phi) is 2.22. The molecular formula is C13H6F4O. The van der Waals surface area contributed by atoms with Crippen molar-refractivity contribution in [1.29, 1.82) is 0 Å². The van der Waals surface area contributed by atoms with Crippen molar-refractivity contribution in [1.82, 2.24) is 0 Å². The Morgan fingerprint density at radius 1 is 0.833 bits per heavy atom. The maximum Gasteiger partial charge on any atom is 0.198 e. The fourth-order valence-electron chi connectivity index (χ4n) is 2.29. The van der Waals surface area contributed by atoms with Gasteiger partial charge in [-0.15, -0.1) is 0 Å². The molecule has 3 rings (SSSR count). The molecule has 1 atom stereocenters. The summed E-state index contributed by atoms with van der Waals surface area (Å²) in [6, 6.07) is 5.98. The summed E-state index contributed by atoms with van der Waals surface area (Å²) in [6.07, 6.45) is -1.49. The van der Waals surface area contributed by atoms with E-state index in [1.807, 2.05) is 0 Å². The SMILES string of the molecule is OC1c2ccccc2-c2c(F)c(F)c(F)c(F)c21. The molecule has 2 aromatic carbocycles. The molecule has 1 N–H and O–H groups in total. The van der Waals surface area contributed by atoms with E-state index in [4.69, 9.17) is 0 Å². The number of rotatable bonds is 0. The van der Waals surface area contributed by atoms with Gasteiger partial charge in [0, 0.05) is 11.1 Å². The van der Waals surface area contributed by atoms with Gasteiger partial charge in [0.1, 0.15) is 6.10 Å². The summed E-state index contributed by atoms with van der Waals surface area (Å²) in [5, 5.41) is 9.86. The highest BCUT2D eigenvalue weighted by Crippen LogP contribution is 2.46. The number of aliphatic hydroxyl groups is 1. The van der Waals surface area contributed by atoms with Crippen LogP contribution in [0.1, 0.15) is 17.2 Å². The van der Waals surface area contributed by atoms with E-state index in [1.165, 1.54) is 12.1 Å². The first-order valence-electron chi connectivity index (χ1n) is 5.17. The van der Waals surface area contributed by atoms with E-state index in [-0.39, 0.29) is 11.1 Å². The summed E-state index contributed by atoms with van der Waals surface area (Å²) in [5.41, 5.74) is -0.548. The van der Waals surface area contributed by atoms with Gasteiger partial charge in [-0.2, -0.15) is 0 Å². The highest BCUT2D eigenvalue weighted by atomic mass is 19.2. The van der Waals surface area contributed by atoms with Crippen LogP contribution in [0.25, 0.3) is 11.1 Å². The van der Waals surface area contributed by atoms with Gasteiger partial charge in [-0.05, 0) is 11.1 Å². The summed E-state index contributed by atoms with van der Waals surface area (Å²) in [7, 11) is 0. The predicted octanol–water partition coefficient (Wildman–Crippen LogP) is 3.31. The van der Waals surface area contributed by atoms with Gasteiger partial charge in [0.2, 0.25) is 0 Å². The molecule has 0 heterocycles. The number of hydrogen-bond acceptors (Lipinski definition) is 1. The van der Waals surface area contributed by atoms with E-state index >= 15 is 0 Å². The number of halogens is 4. The second kappa shape index (κ2) is 3.55. The third-order valence-corrected chi connectivity index (χ3v) is 3.10. The molecule has 18 heavy (non-hydrogen) atoms. The molecule has 0 radical (unpaired) electrons. The molecule has 0 aromatic heterocycles. The van der Waals surface area contributed by atoms with Crippen LogP contribution in [0.3, 0.4) is 0 Å². The largest absolute Gasteiger partial charge is 0.383 e. The smallest absolute Gasteiger partial charge is 0.198 e. The van der Waals surface area contributed by atoms with Crippen LogP contribution < -0.4 is 0 Å². The Balaban J connectivity index is 2.47. The van der Waals surface area contributed by atoms with Crippen molar-refractivity contribution in [2.75, 3.05) is 0 Å². The quantitative estimate of drug-likeness (QED) is 0.434. The fraction of sp³-hybridized carbons (Fsp3) is 0.0769.